The van der Waals surface area contributed by atoms with Gasteiger partial charge in [-0.3, -0.25) is 0 Å². The Morgan fingerprint density at radius 3 is 2.81 bits per heavy atom. The maximum Gasteiger partial charge on any atom is 0.191 e. The zero-order chi connectivity index (χ0) is 18.2. The third-order valence-electron chi connectivity index (χ3n) is 4.24. The van der Waals surface area contributed by atoms with Crippen LogP contribution in [0.2, 0.25) is 0 Å². The second-order valence-electron chi connectivity index (χ2n) is 6.59. The van der Waals surface area contributed by atoms with Crippen LogP contribution in [-0.4, -0.2) is 30.6 Å². The topological polar surface area (TPSA) is 58.5 Å². The van der Waals surface area contributed by atoms with Crippen LogP contribution in [0, 0.1) is 12.8 Å². The van der Waals surface area contributed by atoms with Crippen molar-refractivity contribution in [3.05, 3.63) is 45.9 Å². The van der Waals surface area contributed by atoms with Crippen LogP contribution in [0.5, 0.6) is 5.75 Å². The summed E-state index contributed by atoms with van der Waals surface area (Å²) in [4.78, 5) is 9.22. The number of para-hydroxylation sites is 1. The van der Waals surface area contributed by atoms with Crippen LogP contribution in [0.4, 0.5) is 0 Å². The van der Waals surface area contributed by atoms with Gasteiger partial charge in [0.1, 0.15) is 5.75 Å². The number of thiazole rings is 1. The van der Waals surface area contributed by atoms with Crippen molar-refractivity contribution in [3.8, 4) is 5.75 Å². The number of rotatable bonds is 9. The van der Waals surface area contributed by atoms with Crippen molar-refractivity contribution in [1.29, 1.82) is 0 Å². The summed E-state index contributed by atoms with van der Waals surface area (Å²) in [5.74, 6) is 2.54. The molecular weight excluding hydrogens is 471 g/mol. The molecule has 2 N–H and O–H groups in total. The van der Waals surface area contributed by atoms with Crippen molar-refractivity contribution in [2.45, 2.75) is 39.7 Å². The number of nitrogens with one attached hydrogen (secondary N) is 2. The maximum atomic E-state index is 5.98. The van der Waals surface area contributed by atoms with Crippen molar-refractivity contribution in [1.82, 2.24) is 15.6 Å². The standard InChI is InChI=1S/C20H28N4OS.HI/c1-3-21-20(22-11-10-18-14-26-15(2)24-18)23-12-17-6-4-5-7-19(17)25-13-16-8-9-16;/h4-7,14,16H,3,8-13H2,1-2H3,(H2,21,22,23);1H. The molecule has 0 bridgehead atoms. The molecule has 0 radical (unpaired) electrons. The molecule has 0 aliphatic heterocycles. The van der Waals surface area contributed by atoms with E-state index in [2.05, 4.69) is 34.0 Å². The van der Waals surface area contributed by atoms with E-state index in [0.717, 1.165) is 60.0 Å². The first-order valence-electron chi connectivity index (χ1n) is 9.38. The fourth-order valence-corrected chi connectivity index (χ4v) is 3.25. The first-order chi connectivity index (χ1) is 12.7. The fraction of sp³-hybridized carbons (Fsp3) is 0.500. The summed E-state index contributed by atoms with van der Waals surface area (Å²) < 4.78 is 5.98. The Bertz CT molecular complexity index is 730. The molecule has 1 aliphatic rings. The zero-order valence-corrected chi connectivity index (χ0v) is 19.2. The van der Waals surface area contributed by atoms with Gasteiger partial charge in [-0.25, -0.2) is 9.98 Å². The van der Waals surface area contributed by atoms with E-state index in [1.807, 2.05) is 25.1 Å². The molecule has 7 heteroatoms. The molecule has 2 aromatic rings. The van der Waals surface area contributed by atoms with E-state index in [1.54, 1.807) is 11.3 Å². The number of hydrogen-bond acceptors (Lipinski definition) is 4. The average molecular weight is 500 g/mol. The van der Waals surface area contributed by atoms with Crippen LogP contribution in [0.3, 0.4) is 0 Å². The summed E-state index contributed by atoms with van der Waals surface area (Å²) >= 11 is 1.69. The SMILES string of the molecule is CCNC(=NCc1ccccc1OCC1CC1)NCCc1csc(C)n1.I. The number of aromatic nitrogens is 1. The minimum Gasteiger partial charge on any atom is -0.493 e. The van der Waals surface area contributed by atoms with E-state index >= 15 is 0 Å². The smallest absolute Gasteiger partial charge is 0.191 e. The van der Waals surface area contributed by atoms with E-state index in [-0.39, 0.29) is 24.0 Å². The summed E-state index contributed by atoms with van der Waals surface area (Å²) in [6, 6.07) is 8.19. The van der Waals surface area contributed by atoms with Gasteiger partial charge in [0.2, 0.25) is 0 Å². The lowest BCUT2D eigenvalue weighted by Crippen LogP contribution is -2.38. The molecule has 0 unspecified atom stereocenters. The van der Waals surface area contributed by atoms with E-state index in [1.165, 1.54) is 12.8 Å². The van der Waals surface area contributed by atoms with Crippen LogP contribution in [0.15, 0.2) is 34.6 Å². The van der Waals surface area contributed by atoms with Gasteiger partial charge in [0.25, 0.3) is 0 Å². The molecule has 1 heterocycles. The molecule has 1 aromatic carbocycles. The van der Waals surface area contributed by atoms with Gasteiger partial charge in [-0.05, 0) is 38.7 Å². The second kappa shape index (κ2) is 11.5. The highest BCUT2D eigenvalue weighted by Gasteiger charge is 2.22. The minimum atomic E-state index is 0. The minimum absolute atomic E-state index is 0. The first kappa shape index (κ1) is 21.9. The predicted octanol–water partition coefficient (Wildman–Crippen LogP) is 4.16. The van der Waals surface area contributed by atoms with Gasteiger partial charge < -0.3 is 15.4 Å². The van der Waals surface area contributed by atoms with Gasteiger partial charge in [0, 0.05) is 30.5 Å². The van der Waals surface area contributed by atoms with Gasteiger partial charge in [-0.2, -0.15) is 0 Å². The van der Waals surface area contributed by atoms with E-state index in [0.29, 0.717) is 6.54 Å². The molecule has 1 saturated carbocycles. The van der Waals surface area contributed by atoms with E-state index in [4.69, 9.17) is 9.73 Å². The van der Waals surface area contributed by atoms with Crippen molar-refractivity contribution >= 4 is 41.3 Å². The quantitative estimate of drug-likeness (QED) is 0.309. The van der Waals surface area contributed by atoms with Crippen LogP contribution < -0.4 is 15.4 Å². The fourth-order valence-electron chi connectivity index (χ4n) is 2.61. The molecule has 0 atom stereocenters. The number of benzene rings is 1. The highest BCUT2D eigenvalue weighted by molar-refractivity contribution is 14.0. The molecule has 1 aromatic heterocycles. The molecule has 5 nitrogen and oxygen atoms in total. The molecule has 3 rings (SSSR count). The molecule has 1 fully saturated rings. The number of hydrogen-bond donors (Lipinski definition) is 2. The van der Waals surface area contributed by atoms with Crippen molar-refractivity contribution in [3.63, 3.8) is 0 Å². The Morgan fingerprint density at radius 2 is 2.11 bits per heavy atom. The normalized spacial score (nSPS) is 13.8. The number of halogens is 1. The Morgan fingerprint density at radius 1 is 1.30 bits per heavy atom. The molecule has 1 aliphatic carbocycles. The van der Waals surface area contributed by atoms with Crippen LogP contribution >= 0.6 is 35.3 Å². The van der Waals surface area contributed by atoms with Gasteiger partial charge in [-0.1, -0.05) is 18.2 Å². The van der Waals surface area contributed by atoms with Gasteiger partial charge in [-0.15, -0.1) is 35.3 Å². The van der Waals surface area contributed by atoms with Crippen molar-refractivity contribution in [2.24, 2.45) is 10.9 Å². The second-order valence-corrected chi connectivity index (χ2v) is 7.65. The first-order valence-corrected chi connectivity index (χ1v) is 10.3. The summed E-state index contributed by atoms with van der Waals surface area (Å²) in [6.45, 7) is 7.19. The molecular formula is C20H29IN4OS. The third kappa shape index (κ3) is 7.65. The summed E-state index contributed by atoms with van der Waals surface area (Å²) in [6.07, 6.45) is 3.50. The monoisotopic (exact) mass is 500 g/mol. The van der Waals surface area contributed by atoms with Crippen LogP contribution in [-0.2, 0) is 13.0 Å². The Labute approximate surface area is 183 Å². The Hall–Kier alpha value is -1.35. The number of aliphatic imine (C=N–C) groups is 1. The summed E-state index contributed by atoms with van der Waals surface area (Å²) in [7, 11) is 0. The van der Waals surface area contributed by atoms with Crippen molar-refractivity contribution < 1.29 is 4.74 Å². The lowest BCUT2D eigenvalue weighted by molar-refractivity contribution is 0.297. The lowest BCUT2D eigenvalue weighted by Gasteiger charge is -2.12. The van der Waals surface area contributed by atoms with Gasteiger partial charge >= 0.3 is 0 Å². The van der Waals surface area contributed by atoms with Crippen LogP contribution in [0.1, 0.15) is 36.0 Å². The highest BCUT2D eigenvalue weighted by atomic mass is 127. The molecule has 27 heavy (non-hydrogen) atoms. The number of ether oxygens (including phenoxy) is 1. The molecule has 0 saturated heterocycles. The third-order valence-corrected chi connectivity index (χ3v) is 5.06. The van der Waals surface area contributed by atoms with E-state index in [9.17, 15) is 0 Å². The summed E-state index contributed by atoms with van der Waals surface area (Å²) in [5.41, 5.74) is 2.26. The summed E-state index contributed by atoms with van der Waals surface area (Å²) in [5, 5.41) is 9.93. The van der Waals surface area contributed by atoms with Crippen LogP contribution in [0.25, 0.3) is 0 Å². The van der Waals surface area contributed by atoms with Gasteiger partial charge in [0.05, 0.1) is 23.9 Å². The number of nitrogens with zero attached hydrogens (tertiary/aromatic N) is 2. The predicted molar refractivity (Wildman–Crippen MR) is 123 cm³/mol. The average Bonchev–Trinajstić information content (AvgIpc) is 3.39. The highest BCUT2D eigenvalue weighted by Crippen LogP contribution is 2.30. The largest absolute Gasteiger partial charge is 0.493 e. The Balaban J connectivity index is 0.00000261. The molecule has 148 valence electrons. The van der Waals surface area contributed by atoms with Crippen molar-refractivity contribution in [2.75, 3.05) is 19.7 Å². The number of guanidine groups is 1. The molecule has 0 amide bonds. The maximum absolute atomic E-state index is 5.98. The number of aryl methyl sites for hydroxylation is 1. The molecule has 0 spiro atoms. The van der Waals surface area contributed by atoms with E-state index < -0.39 is 0 Å². The Kier molecular flexibility index (Phi) is 9.33. The van der Waals surface area contributed by atoms with Gasteiger partial charge in [0.15, 0.2) is 5.96 Å². The lowest BCUT2D eigenvalue weighted by atomic mass is 10.2. The zero-order valence-electron chi connectivity index (χ0n) is 16.0.